The summed E-state index contributed by atoms with van der Waals surface area (Å²) in [6.45, 7) is 0.536. The molecule has 0 radical (unpaired) electrons. The molecule has 1 N–H and O–H groups in total. The Bertz CT molecular complexity index is 102. The zero-order valence-corrected chi connectivity index (χ0v) is 5.27. The summed E-state index contributed by atoms with van der Waals surface area (Å²) in [4.78, 5) is 5.16. The first-order chi connectivity index (χ1) is 3.41. The van der Waals surface area contributed by atoms with Gasteiger partial charge in [0.2, 0.25) is 0 Å². The molecule has 38 valence electrons. The van der Waals surface area contributed by atoms with E-state index in [0.29, 0.717) is 6.54 Å². The van der Waals surface area contributed by atoms with E-state index in [0.717, 1.165) is 0 Å². The number of hydrogen-bond acceptors (Lipinski definition) is 2. The first-order valence-electron chi connectivity index (χ1n) is 1.75. The summed E-state index contributed by atoms with van der Waals surface area (Å²) >= 11 is 3.05. The maximum Gasteiger partial charge on any atom is 0.0865 e. The highest BCUT2D eigenvalue weighted by Gasteiger charge is 1.61. The molecule has 2 nitrogen and oxygen atoms in total. The summed E-state index contributed by atoms with van der Waals surface area (Å²) in [5.41, 5.74) is 0. The fraction of sp³-hybridized carbons (Fsp3) is 0.250. The van der Waals surface area contributed by atoms with Crippen LogP contribution in [0.25, 0.3) is 0 Å². The average molecular weight is 161 g/mol. The van der Waals surface area contributed by atoms with Crippen molar-refractivity contribution in [2.24, 2.45) is 4.99 Å². The van der Waals surface area contributed by atoms with Crippen molar-refractivity contribution in [3.8, 4) is 0 Å². The highest BCUT2D eigenvalue weighted by atomic mass is 79.9. The maximum absolute atomic E-state index is 6.32. The van der Waals surface area contributed by atoms with E-state index in [-0.39, 0.29) is 0 Å². The van der Waals surface area contributed by atoms with Gasteiger partial charge in [-0.3, -0.25) is 0 Å². The summed E-state index contributed by atoms with van der Waals surface area (Å²) in [7, 11) is 0. The van der Waals surface area contributed by atoms with Crippen LogP contribution in [0.4, 0.5) is 0 Å². The Hall–Kier alpha value is -0.400. The van der Waals surface area contributed by atoms with Crippen molar-refractivity contribution in [2.75, 3.05) is 6.54 Å². The van der Waals surface area contributed by atoms with Crippen LogP contribution in [-0.2, 0) is 0 Å². The standard InChI is InChI=1S/C4H5BrN2/c5-2-1-3-7-4-6/h1-2,6H,3H2. The summed E-state index contributed by atoms with van der Waals surface area (Å²) < 4.78 is 0. The number of hydrogen-bond donors (Lipinski definition) is 1. The van der Waals surface area contributed by atoms with Gasteiger partial charge in [0.25, 0.3) is 0 Å². The molecule has 0 aliphatic rings. The molecule has 0 aromatic rings. The van der Waals surface area contributed by atoms with E-state index in [9.17, 15) is 0 Å². The van der Waals surface area contributed by atoms with Crippen LogP contribution in [0.15, 0.2) is 16.1 Å². The fourth-order valence-electron chi connectivity index (χ4n) is 0.138. The lowest BCUT2D eigenvalue weighted by Gasteiger charge is -1.69. The predicted molar refractivity (Wildman–Crippen MR) is 33.1 cm³/mol. The van der Waals surface area contributed by atoms with E-state index in [1.54, 1.807) is 11.1 Å². The third-order valence-electron chi connectivity index (χ3n) is 0.365. The van der Waals surface area contributed by atoms with Gasteiger partial charge in [-0.25, -0.2) is 10.4 Å². The van der Waals surface area contributed by atoms with Gasteiger partial charge < -0.3 is 0 Å². The minimum atomic E-state index is 0.536. The first-order valence-corrected chi connectivity index (χ1v) is 2.67. The zero-order chi connectivity index (χ0) is 5.54. The van der Waals surface area contributed by atoms with Crippen LogP contribution in [-0.4, -0.2) is 12.6 Å². The van der Waals surface area contributed by atoms with Crippen LogP contribution in [0.1, 0.15) is 0 Å². The lowest BCUT2D eigenvalue weighted by atomic mass is 10.7. The minimum Gasteiger partial charge on any atom is -0.242 e. The van der Waals surface area contributed by atoms with Gasteiger partial charge in [-0.2, -0.15) is 0 Å². The highest BCUT2D eigenvalue weighted by Crippen LogP contribution is 1.80. The van der Waals surface area contributed by atoms with Crippen molar-refractivity contribution >= 4 is 21.9 Å². The molecule has 0 saturated heterocycles. The number of halogens is 1. The van der Waals surface area contributed by atoms with E-state index < -0.39 is 0 Å². The summed E-state index contributed by atoms with van der Waals surface area (Å²) in [5.74, 6) is 0. The molecule has 3 heteroatoms. The van der Waals surface area contributed by atoms with Gasteiger partial charge in [-0.05, 0) is 4.99 Å². The molecule has 0 aliphatic carbocycles. The van der Waals surface area contributed by atoms with Gasteiger partial charge in [-0.15, -0.1) is 0 Å². The van der Waals surface area contributed by atoms with E-state index in [1.807, 2.05) is 6.01 Å². The normalized spacial score (nSPS) is 8.71. The Balaban J connectivity index is 3.15. The average Bonchev–Trinajstić information content (AvgIpc) is 1.69. The van der Waals surface area contributed by atoms with Crippen molar-refractivity contribution in [2.45, 2.75) is 0 Å². The molecule has 0 aliphatic heterocycles. The minimum absolute atomic E-state index is 0.536. The monoisotopic (exact) mass is 160 g/mol. The van der Waals surface area contributed by atoms with Crippen molar-refractivity contribution in [3.05, 3.63) is 11.1 Å². The van der Waals surface area contributed by atoms with E-state index in [4.69, 9.17) is 5.41 Å². The van der Waals surface area contributed by atoms with Gasteiger partial charge in [0.1, 0.15) is 0 Å². The number of aliphatic imine (C=N–C) groups is 1. The molecule has 7 heavy (non-hydrogen) atoms. The Kier molecular flexibility index (Phi) is 5.28. The highest BCUT2D eigenvalue weighted by molar-refractivity contribution is 9.11. The molecule has 0 bridgehead atoms. The molecule has 0 rings (SSSR count). The molecule has 0 aromatic carbocycles. The quantitative estimate of drug-likeness (QED) is 0.597. The molecule has 0 atom stereocenters. The van der Waals surface area contributed by atoms with Gasteiger partial charge in [0.15, 0.2) is 0 Å². The lowest BCUT2D eigenvalue weighted by Crippen LogP contribution is -1.64. The predicted octanol–water partition coefficient (Wildman–Crippen LogP) is 1.65. The largest absolute Gasteiger partial charge is 0.242 e. The molecule has 0 fully saturated rings. The van der Waals surface area contributed by atoms with E-state index in [2.05, 4.69) is 20.9 Å². The van der Waals surface area contributed by atoms with Gasteiger partial charge in [-0.1, -0.05) is 22.0 Å². The summed E-state index contributed by atoms with van der Waals surface area (Å²) in [5, 5.41) is 6.32. The molecule has 0 spiro atoms. The van der Waals surface area contributed by atoms with Crippen molar-refractivity contribution < 1.29 is 0 Å². The van der Waals surface area contributed by atoms with Crippen molar-refractivity contribution in [1.29, 1.82) is 5.41 Å². The third-order valence-corrected chi connectivity index (χ3v) is 0.739. The van der Waals surface area contributed by atoms with Gasteiger partial charge >= 0.3 is 0 Å². The van der Waals surface area contributed by atoms with Crippen LogP contribution in [0, 0.1) is 5.41 Å². The Morgan fingerprint density at radius 3 is 3.00 bits per heavy atom. The Labute approximate surface area is 50.6 Å². The molecule has 0 amide bonds. The SMILES string of the molecule is N=C=NCC=CBr. The smallest absolute Gasteiger partial charge is 0.0865 e. The maximum atomic E-state index is 6.32. The van der Waals surface area contributed by atoms with Crippen LogP contribution < -0.4 is 0 Å². The van der Waals surface area contributed by atoms with Gasteiger partial charge in [0, 0.05) is 0 Å². The van der Waals surface area contributed by atoms with Crippen molar-refractivity contribution in [3.63, 3.8) is 0 Å². The molecule has 0 unspecified atom stereocenters. The lowest BCUT2D eigenvalue weighted by molar-refractivity contribution is 1.25. The Morgan fingerprint density at radius 1 is 1.86 bits per heavy atom. The number of nitrogens with one attached hydrogen (secondary N) is 1. The molecular weight excluding hydrogens is 156 g/mol. The van der Waals surface area contributed by atoms with Crippen LogP contribution in [0.2, 0.25) is 0 Å². The van der Waals surface area contributed by atoms with E-state index in [1.165, 1.54) is 0 Å². The molecular formula is C4H5BrN2. The van der Waals surface area contributed by atoms with Gasteiger partial charge in [0.05, 0.1) is 12.6 Å². The van der Waals surface area contributed by atoms with Crippen LogP contribution >= 0.6 is 15.9 Å². The Morgan fingerprint density at radius 2 is 2.57 bits per heavy atom. The first kappa shape index (κ1) is 6.60. The molecule has 0 heterocycles. The topological polar surface area (TPSA) is 36.2 Å². The van der Waals surface area contributed by atoms with Crippen LogP contribution in [0.5, 0.6) is 0 Å². The third kappa shape index (κ3) is 5.60. The van der Waals surface area contributed by atoms with Crippen molar-refractivity contribution in [1.82, 2.24) is 0 Å². The summed E-state index contributed by atoms with van der Waals surface area (Å²) in [6, 6.07) is 1.91. The second kappa shape index (κ2) is 5.60. The van der Waals surface area contributed by atoms with E-state index >= 15 is 0 Å². The second-order valence-electron chi connectivity index (χ2n) is 0.814. The number of nitrogens with zero attached hydrogens (tertiary/aromatic N) is 1. The molecule has 0 aromatic heterocycles. The van der Waals surface area contributed by atoms with Crippen LogP contribution in [0.3, 0.4) is 0 Å². The zero-order valence-electron chi connectivity index (χ0n) is 3.69. The molecule has 0 saturated carbocycles. The summed E-state index contributed by atoms with van der Waals surface area (Å²) in [6.07, 6.45) is 1.78. The fourth-order valence-corrected chi connectivity index (χ4v) is 0.305. The second-order valence-corrected chi connectivity index (χ2v) is 1.34. The number of rotatable bonds is 2.